The van der Waals surface area contributed by atoms with E-state index in [4.69, 9.17) is 4.74 Å². The van der Waals surface area contributed by atoms with E-state index in [9.17, 15) is 69.6 Å². The van der Waals surface area contributed by atoms with Gasteiger partial charge in [0.15, 0.2) is 5.71 Å². The van der Waals surface area contributed by atoms with Crippen LogP contribution in [0.15, 0.2) is 179 Å². The van der Waals surface area contributed by atoms with E-state index < -0.39 is 86.6 Å². The Balaban J connectivity index is 0.993. The van der Waals surface area contributed by atoms with E-state index in [-0.39, 0.29) is 89.9 Å². The first-order chi connectivity index (χ1) is 38.6. The lowest BCUT2D eigenvalue weighted by Crippen LogP contribution is -2.27. The number of hydrazone groups is 1. The summed E-state index contributed by atoms with van der Waals surface area (Å²) in [6.07, 6.45) is 3.26. The van der Waals surface area contributed by atoms with E-state index in [0.717, 1.165) is 59.4 Å². The maximum Gasteiger partial charge on any atom is 0.296 e. The van der Waals surface area contributed by atoms with Crippen LogP contribution < -0.4 is 15.5 Å². The summed E-state index contributed by atoms with van der Waals surface area (Å²) in [5.74, 6) is -1.01. The lowest BCUT2D eigenvalue weighted by molar-refractivity contribution is 0.106. The van der Waals surface area contributed by atoms with Gasteiger partial charge in [0.1, 0.15) is 42.1 Å². The lowest BCUT2D eigenvalue weighted by Gasteiger charge is -2.19. The van der Waals surface area contributed by atoms with Crippen molar-refractivity contribution in [3.8, 4) is 11.4 Å². The molecule has 25 nitrogen and oxygen atoms in total. The average molecular weight is 1210 g/mol. The Hall–Kier alpha value is -8.95. The zero-order chi connectivity index (χ0) is 58.7. The molecular formula is C52H38N8O17S5. The number of azo groups is 1. The number of nitrogens with one attached hydrogen (secondary N) is 2. The molecule has 0 bridgehead atoms. The summed E-state index contributed by atoms with van der Waals surface area (Å²) < 4.78 is 183. The molecule has 0 spiro atoms. The number of hydrogen-bond acceptors (Lipinski definition) is 19. The van der Waals surface area contributed by atoms with Gasteiger partial charge in [-0.3, -0.25) is 33.0 Å². The molecular weight excluding hydrogens is 1170 g/mol. The van der Waals surface area contributed by atoms with Crippen LogP contribution in [0.2, 0.25) is 0 Å². The van der Waals surface area contributed by atoms with Crippen LogP contribution in [-0.4, -0.2) is 97.9 Å². The predicted molar refractivity (Wildman–Crippen MR) is 301 cm³/mol. The van der Waals surface area contributed by atoms with Crippen molar-refractivity contribution < 1.29 is 74.4 Å². The van der Waals surface area contributed by atoms with Crippen LogP contribution in [0.5, 0.6) is 5.75 Å². The number of anilines is 3. The van der Waals surface area contributed by atoms with Gasteiger partial charge < -0.3 is 10.1 Å². The van der Waals surface area contributed by atoms with Gasteiger partial charge in [-0.1, -0.05) is 72.8 Å². The number of fused-ring (bicyclic) bond motifs is 5. The number of Topliss-reactive ketones (excluding diaryl/α,β-unsaturated/α-hetero) is 1. The van der Waals surface area contributed by atoms with Crippen LogP contribution in [0.4, 0.5) is 28.4 Å². The first-order valence-electron chi connectivity index (χ1n) is 23.5. The highest BCUT2D eigenvalue weighted by Crippen LogP contribution is 2.43. The summed E-state index contributed by atoms with van der Waals surface area (Å²) in [6.45, 7) is 1.55. The number of carbonyl (C=O) groups excluding carboxylic acids is 1. The Morgan fingerprint density at radius 3 is 1.90 bits per heavy atom. The Labute approximate surface area is 465 Å². The van der Waals surface area contributed by atoms with Crippen molar-refractivity contribution in [1.29, 1.82) is 0 Å². The third-order valence-electron chi connectivity index (χ3n) is 12.4. The van der Waals surface area contributed by atoms with Crippen LogP contribution in [0.1, 0.15) is 34.0 Å². The number of benzene rings is 8. The van der Waals surface area contributed by atoms with Crippen LogP contribution in [-0.2, 0) is 50.6 Å². The molecule has 0 radical (unpaired) electrons. The fourth-order valence-corrected chi connectivity index (χ4v) is 12.1. The smallest absolute Gasteiger partial charge is 0.296 e. The maximum atomic E-state index is 14.0. The quantitative estimate of drug-likeness (QED) is 0.0205. The van der Waals surface area contributed by atoms with Gasteiger partial charge in [-0.25, -0.2) is 0 Å². The second-order valence-corrected chi connectivity index (χ2v) is 24.7. The van der Waals surface area contributed by atoms with Gasteiger partial charge >= 0.3 is 0 Å². The Morgan fingerprint density at radius 1 is 0.585 bits per heavy atom. The lowest BCUT2D eigenvalue weighted by atomic mass is 9.94. The molecule has 1 aromatic heterocycles. The Kier molecular flexibility index (Phi) is 14.5. The van der Waals surface area contributed by atoms with Crippen molar-refractivity contribution in [2.75, 3.05) is 17.3 Å². The normalized spacial score (nSPS) is 14.0. The van der Waals surface area contributed by atoms with Crippen LogP contribution in [0.3, 0.4) is 0 Å². The number of allylic oxidation sites excluding steroid dienone is 1. The summed E-state index contributed by atoms with van der Waals surface area (Å²) in [5.41, 5.74) is 2.40. The zero-order valence-corrected chi connectivity index (χ0v) is 45.7. The van der Waals surface area contributed by atoms with Crippen molar-refractivity contribution >= 4 is 141 Å². The van der Waals surface area contributed by atoms with Crippen LogP contribution >= 0.6 is 0 Å². The second kappa shape index (κ2) is 21.2. The molecule has 0 unspecified atom stereocenters. The summed E-state index contributed by atoms with van der Waals surface area (Å²) in [6, 6.07) is 31.9. The molecule has 82 heavy (non-hydrogen) atoms. The molecule has 0 saturated heterocycles. The highest BCUT2D eigenvalue weighted by atomic mass is 32.2. The molecule has 1 aliphatic carbocycles. The average Bonchev–Trinajstić information content (AvgIpc) is 3.91. The first-order valence-corrected chi connectivity index (χ1v) is 30.7. The number of carbonyl (C=O) groups is 1. The molecule has 30 heteroatoms. The van der Waals surface area contributed by atoms with Crippen molar-refractivity contribution in [2.45, 2.75) is 26.5 Å². The third kappa shape index (κ3) is 11.5. The van der Waals surface area contributed by atoms with Gasteiger partial charge in [0.2, 0.25) is 5.78 Å². The standard InChI is InChI=1S/C52H38N8O17S5/c1-2-77-44-27-42(41-26-36(78(62,63)64)19-21-40(41)50(44)56-57-51-48(82(74,75)76)23-31-22-33(17-20-37(31)52(51)61)53-32-8-4-3-5-9-32)55-54-34-16-14-29(45(24-34)79(65,66)67)12-13-30-15-18-35(25-46(30)80(68,69)70)60-58-43-28-47(81(71,72)73)38-10-6-7-11-39(38)49(43)59-60/h3-28,53,56H,2H2,1H3,(H,62,63,64)(H,65,66,67)(H,68,69,70)(H,71,72,73)(H,74,75,76)/b13-12+,55-54?,57-51+. The molecule has 9 aromatic rings. The van der Waals surface area contributed by atoms with E-state index in [0.29, 0.717) is 11.4 Å². The maximum absolute atomic E-state index is 14.0. The van der Waals surface area contributed by atoms with Gasteiger partial charge in [-0.05, 0) is 102 Å². The minimum atomic E-state index is -5.13. The number of para-hydroxylation sites is 1. The summed E-state index contributed by atoms with van der Waals surface area (Å²) in [7, 11) is -24.9. The van der Waals surface area contributed by atoms with Gasteiger partial charge in [0.05, 0.1) is 28.6 Å². The summed E-state index contributed by atoms with van der Waals surface area (Å²) in [5, 5.41) is 24.6. The van der Waals surface area contributed by atoms with Gasteiger partial charge in [-0.2, -0.15) is 57.1 Å². The van der Waals surface area contributed by atoms with Crippen molar-refractivity contribution in [2.24, 2.45) is 15.3 Å². The van der Waals surface area contributed by atoms with Crippen molar-refractivity contribution in [3.05, 3.63) is 167 Å². The van der Waals surface area contributed by atoms with E-state index >= 15 is 0 Å². The number of nitrogens with zero attached hydrogens (tertiary/aromatic N) is 6. The molecule has 0 amide bonds. The van der Waals surface area contributed by atoms with Crippen molar-refractivity contribution in [3.63, 3.8) is 0 Å². The Bertz CT molecular complexity index is 4940. The molecule has 10 rings (SSSR count). The first kappa shape index (κ1) is 56.3. The zero-order valence-electron chi connectivity index (χ0n) is 41.6. The van der Waals surface area contributed by atoms with E-state index in [1.165, 1.54) is 54.6 Å². The minimum Gasteiger partial charge on any atom is -0.492 e. The van der Waals surface area contributed by atoms with Gasteiger partial charge in [0.25, 0.3) is 50.6 Å². The predicted octanol–water partition coefficient (Wildman–Crippen LogP) is 9.33. The fourth-order valence-electron chi connectivity index (χ4n) is 8.79. The van der Waals surface area contributed by atoms with E-state index in [2.05, 4.69) is 36.3 Å². The fraction of sp³-hybridized carbons (Fsp3) is 0.0385. The molecule has 1 aliphatic rings. The van der Waals surface area contributed by atoms with Crippen LogP contribution in [0, 0.1) is 0 Å². The summed E-state index contributed by atoms with van der Waals surface area (Å²) in [4.78, 5) is 11.5. The second-order valence-electron chi connectivity index (χ2n) is 17.7. The Morgan fingerprint density at radius 2 is 1.24 bits per heavy atom. The SMILES string of the molecule is CCOc1cc(N=Nc2ccc(/C=C/c3ccc(-n4nc5cc(S(=O)(=O)O)c6ccccc6c5n4)cc3S(=O)(=O)O)c(S(=O)(=O)O)c2)c2cc(S(=O)(=O)O)ccc2c1N/N=C1/C(=O)c2ccc(Nc3ccccc3)cc2C=C1S(=O)(=O)O. The highest BCUT2D eigenvalue weighted by Gasteiger charge is 2.34. The summed E-state index contributed by atoms with van der Waals surface area (Å²) >= 11 is 0. The molecule has 0 aliphatic heterocycles. The van der Waals surface area contributed by atoms with Crippen LogP contribution in [0.25, 0.3) is 56.5 Å². The number of hydrogen-bond donors (Lipinski definition) is 7. The molecule has 0 atom stereocenters. The molecule has 418 valence electrons. The minimum absolute atomic E-state index is 0.00347. The van der Waals surface area contributed by atoms with Gasteiger partial charge in [0, 0.05) is 44.5 Å². The largest absolute Gasteiger partial charge is 0.492 e. The number of ether oxygens (including phenoxy) is 1. The molecule has 7 N–H and O–H groups in total. The molecule has 0 fully saturated rings. The molecule has 8 aromatic carbocycles. The highest BCUT2D eigenvalue weighted by molar-refractivity contribution is 7.91. The number of ketones is 1. The van der Waals surface area contributed by atoms with Crippen molar-refractivity contribution in [1.82, 2.24) is 15.0 Å². The molecule has 1 heterocycles. The number of aromatic nitrogens is 3. The van der Waals surface area contributed by atoms with Gasteiger partial charge in [-0.15, -0.1) is 15.3 Å². The third-order valence-corrected chi connectivity index (χ3v) is 16.9. The van der Waals surface area contributed by atoms with E-state index in [1.54, 1.807) is 49.4 Å². The number of rotatable bonds is 16. The monoisotopic (exact) mass is 1210 g/mol. The topological polar surface area (TPSA) is 390 Å². The molecule has 0 saturated carbocycles. The van der Waals surface area contributed by atoms with E-state index in [1.807, 2.05) is 6.07 Å².